The lowest BCUT2D eigenvalue weighted by molar-refractivity contribution is 0.108. The molecule has 0 spiro atoms. The van der Waals surface area contributed by atoms with Gasteiger partial charge in [-0.15, -0.1) is 0 Å². The predicted octanol–water partition coefficient (Wildman–Crippen LogP) is 0.333. The second kappa shape index (κ2) is 3.97. The molecule has 0 bridgehead atoms. The molecule has 2 aromatic rings. The summed E-state index contributed by atoms with van der Waals surface area (Å²) in [6.45, 7) is 1.04. The monoisotopic (exact) mass is 234 g/mol. The molecule has 1 aliphatic rings. The van der Waals surface area contributed by atoms with Crippen LogP contribution in [0.25, 0.3) is 5.65 Å². The van der Waals surface area contributed by atoms with E-state index in [0.29, 0.717) is 11.3 Å². The third-order valence-electron chi connectivity index (χ3n) is 3.01. The first kappa shape index (κ1) is 10.5. The first-order chi connectivity index (χ1) is 8.28. The molecule has 3 N–H and O–H groups in total. The fraction of sp³-hybridized carbons (Fsp3) is 0.455. The lowest BCUT2D eigenvalue weighted by atomic mass is 10.2. The molecule has 1 saturated heterocycles. The number of H-pyrrole nitrogens is 1. The maximum absolute atomic E-state index is 11.8. The summed E-state index contributed by atoms with van der Waals surface area (Å²) in [5.74, 6) is 0. The smallest absolute Gasteiger partial charge is 0.272 e. The molecule has 1 fully saturated rings. The SMILES string of the molecule is NCc1cc(=O)n2[nH]c(C3CCCO3)cc2n1. The van der Waals surface area contributed by atoms with E-state index < -0.39 is 0 Å². The molecule has 1 aliphatic heterocycles. The zero-order valence-corrected chi connectivity index (χ0v) is 9.35. The molecule has 0 radical (unpaired) electrons. The summed E-state index contributed by atoms with van der Waals surface area (Å²) in [6, 6.07) is 3.30. The number of aromatic nitrogens is 3. The third kappa shape index (κ3) is 1.75. The van der Waals surface area contributed by atoms with Gasteiger partial charge in [0.25, 0.3) is 5.56 Å². The van der Waals surface area contributed by atoms with Crippen LogP contribution in [0.15, 0.2) is 16.9 Å². The minimum Gasteiger partial charge on any atom is -0.372 e. The number of aromatic amines is 1. The molecule has 0 saturated carbocycles. The first-order valence-electron chi connectivity index (χ1n) is 5.71. The van der Waals surface area contributed by atoms with Gasteiger partial charge in [0.15, 0.2) is 5.65 Å². The van der Waals surface area contributed by atoms with Crippen LogP contribution in [-0.2, 0) is 11.3 Å². The molecular weight excluding hydrogens is 220 g/mol. The quantitative estimate of drug-likeness (QED) is 0.784. The molecule has 17 heavy (non-hydrogen) atoms. The van der Waals surface area contributed by atoms with Crippen molar-refractivity contribution in [2.24, 2.45) is 5.73 Å². The molecule has 0 amide bonds. The van der Waals surface area contributed by atoms with Crippen LogP contribution in [0.1, 0.15) is 30.3 Å². The number of rotatable bonds is 2. The fourth-order valence-corrected chi connectivity index (χ4v) is 2.15. The van der Waals surface area contributed by atoms with Gasteiger partial charge in [0.05, 0.1) is 17.5 Å². The normalized spacial score (nSPS) is 20.2. The highest BCUT2D eigenvalue weighted by atomic mass is 16.5. The Bertz CT molecular complexity index is 595. The van der Waals surface area contributed by atoms with Crippen LogP contribution in [0.2, 0.25) is 0 Å². The molecule has 1 unspecified atom stereocenters. The van der Waals surface area contributed by atoms with Crippen molar-refractivity contribution in [3.8, 4) is 0 Å². The van der Waals surface area contributed by atoms with E-state index >= 15 is 0 Å². The van der Waals surface area contributed by atoms with Crippen LogP contribution in [0.5, 0.6) is 0 Å². The van der Waals surface area contributed by atoms with Crippen molar-refractivity contribution in [2.45, 2.75) is 25.5 Å². The molecule has 1 atom stereocenters. The van der Waals surface area contributed by atoms with E-state index in [1.54, 1.807) is 0 Å². The topological polar surface area (TPSA) is 85.4 Å². The summed E-state index contributed by atoms with van der Waals surface area (Å²) >= 11 is 0. The van der Waals surface area contributed by atoms with E-state index in [4.69, 9.17) is 10.5 Å². The number of nitrogens with two attached hydrogens (primary N) is 1. The van der Waals surface area contributed by atoms with Gasteiger partial charge in [0.1, 0.15) is 0 Å². The molecule has 0 aromatic carbocycles. The van der Waals surface area contributed by atoms with Crippen LogP contribution < -0.4 is 11.3 Å². The molecule has 2 aromatic heterocycles. The van der Waals surface area contributed by atoms with Crippen molar-refractivity contribution < 1.29 is 4.74 Å². The van der Waals surface area contributed by atoms with E-state index in [9.17, 15) is 4.79 Å². The van der Waals surface area contributed by atoms with Crippen molar-refractivity contribution in [2.75, 3.05) is 6.61 Å². The van der Waals surface area contributed by atoms with Crippen molar-refractivity contribution in [1.82, 2.24) is 14.6 Å². The van der Waals surface area contributed by atoms with Gasteiger partial charge in [-0.05, 0) is 12.8 Å². The minimum atomic E-state index is -0.139. The number of ether oxygens (including phenoxy) is 1. The molecule has 6 heteroatoms. The lowest BCUT2D eigenvalue weighted by Crippen LogP contribution is -2.17. The molecule has 90 valence electrons. The number of nitrogens with zero attached hydrogens (tertiary/aromatic N) is 2. The highest BCUT2D eigenvalue weighted by Gasteiger charge is 2.20. The lowest BCUT2D eigenvalue weighted by Gasteiger charge is -2.04. The number of fused-ring (bicyclic) bond motifs is 1. The summed E-state index contributed by atoms with van der Waals surface area (Å²) in [7, 11) is 0. The van der Waals surface area contributed by atoms with Gasteiger partial charge >= 0.3 is 0 Å². The number of hydrogen-bond acceptors (Lipinski definition) is 4. The average Bonchev–Trinajstić information content (AvgIpc) is 2.96. The van der Waals surface area contributed by atoms with Crippen molar-refractivity contribution >= 4 is 5.65 Å². The van der Waals surface area contributed by atoms with E-state index in [1.807, 2.05) is 6.07 Å². The minimum absolute atomic E-state index is 0.0532. The van der Waals surface area contributed by atoms with Crippen molar-refractivity contribution in [3.63, 3.8) is 0 Å². The van der Waals surface area contributed by atoms with E-state index in [2.05, 4.69) is 10.1 Å². The molecule has 0 aliphatic carbocycles. The fourth-order valence-electron chi connectivity index (χ4n) is 2.15. The van der Waals surface area contributed by atoms with Gasteiger partial charge in [-0.25, -0.2) is 9.50 Å². The molecule has 3 rings (SSSR count). The number of nitrogens with one attached hydrogen (secondary N) is 1. The Morgan fingerprint density at radius 1 is 1.59 bits per heavy atom. The Balaban J connectivity index is 2.11. The van der Waals surface area contributed by atoms with Gasteiger partial charge in [-0.1, -0.05) is 0 Å². The zero-order valence-electron chi connectivity index (χ0n) is 9.35. The van der Waals surface area contributed by atoms with Gasteiger partial charge in [-0.3, -0.25) is 9.89 Å². The van der Waals surface area contributed by atoms with Crippen LogP contribution >= 0.6 is 0 Å². The Hall–Kier alpha value is -1.66. The van der Waals surface area contributed by atoms with Gasteiger partial charge in [-0.2, -0.15) is 0 Å². The Morgan fingerprint density at radius 3 is 3.18 bits per heavy atom. The average molecular weight is 234 g/mol. The predicted molar refractivity (Wildman–Crippen MR) is 61.6 cm³/mol. The van der Waals surface area contributed by atoms with Gasteiger partial charge in [0, 0.05) is 25.3 Å². The van der Waals surface area contributed by atoms with Crippen LogP contribution in [0, 0.1) is 0 Å². The summed E-state index contributed by atoms with van der Waals surface area (Å²) in [6.07, 6.45) is 2.08. The standard InChI is InChI=1S/C11H14N4O2/c12-6-7-4-11(16)15-10(13-7)5-8(14-15)9-2-1-3-17-9/h4-5,9,14H,1-3,6,12H2. The molecular formula is C11H14N4O2. The number of hydrogen-bond donors (Lipinski definition) is 2. The van der Waals surface area contributed by atoms with E-state index in [-0.39, 0.29) is 18.2 Å². The van der Waals surface area contributed by atoms with E-state index in [0.717, 1.165) is 25.1 Å². The Kier molecular flexibility index (Phi) is 2.45. The second-order valence-corrected chi connectivity index (χ2v) is 4.20. The summed E-state index contributed by atoms with van der Waals surface area (Å²) in [5.41, 5.74) is 7.46. The second-order valence-electron chi connectivity index (χ2n) is 4.20. The summed E-state index contributed by atoms with van der Waals surface area (Å²) in [5, 5.41) is 3.03. The summed E-state index contributed by atoms with van der Waals surface area (Å²) < 4.78 is 6.99. The maximum Gasteiger partial charge on any atom is 0.272 e. The van der Waals surface area contributed by atoms with Gasteiger partial charge < -0.3 is 10.5 Å². The van der Waals surface area contributed by atoms with Crippen molar-refractivity contribution in [1.29, 1.82) is 0 Å². The van der Waals surface area contributed by atoms with Crippen LogP contribution in [0.4, 0.5) is 0 Å². The molecule has 3 heterocycles. The molecule has 6 nitrogen and oxygen atoms in total. The largest absolute Gasteiger partial charge is 0.372 e. The van der Waals surface area contributed by atoms with E-state index in [1.165, 1.54) is 10.6 Å². The van der Waals surface area contributed by atoms with Crippen LogP contribution in [-0.4, -0.2) is 21.2 Å². The van der Waals surface area contributed by atoms with Crippen LogP contribution in [0.3, 0.4) is 0 Å². The van der Waals surface area contributed by atoms with Gasteiger partial charge in [0.2, 0.25) is 0 Å². The van der Waals surface area contributed by atoms with Crippen molar-refractivity contribution in [3.05, 3.63) is 33.9 Å². The highest BCUT2D eigenvalue weighted by molar-refractivity contribution is 5.40. The Morgan fingerprint density at radius 2 is 2.47 bits per heavy atom. The Labute approximate surface area is 97.4 Å². The zero-order chi connectivity index (χ0) is 11.8. The third-order valence-corrected chi connectivity index (χ3v) is 3.01. The summed E-state index contributed by atoms with van der Waals surface area (Å²) in [4.78, 5) is 16.1. The first-order valence-corrected chi connectivity index (χ1v) is 5.71. The maximum atomic E-state index is 11.8. The highest BCUT2D eigenvalue weighted by Crippen LogP contribution is 2.27.